The minimum Gasteiger partial charge on any atom is -0.369 e. The molecule has 0 saturated heterocycles. The Hall–Kier alpha value is -0.760. The number of rotatable bonds is 3. The van der Waals surface area contributed by atoms with Gasteiger partial charge in [0.25, 0.3) is 0 Å². The summed E-state index contributed by atoms with van der Waals surface area (Å²) in [4.78, 5) is 1.98. The lowest BCUT2D eigenvalue weighted by atomic mass is 9.87. The molecule has 17 heavy (non-hydrogen) atoms. The molecule has 0 aliphatic carbocycles. The van der Waals surface area contributed by atoms with Crippen molar-refractivity contribution in [3.05, 3.63) is 29.6 Å². The van der Waals surface area contributed by atoms with Crippen LogP contribution in [0.15, 0.2) is 18.2 Å². The molecule has 0 spiro atoms. The number of hydrogen-bond donors (Lipinski definition) is 0. The van der Waals surface area contributed by atoms with Crippen LogP contribution in [0.5, 0.6) is 0 Å². The summed E-state index contributed by atoms with van der Waals surface area (Å²) in [7, 11) is 1.93. The van der Waals surface area contributed by atoms with E-state index in [4.69, 9.17) is 11.6 Å². The second-order valence-corrected chi connectivity index (χ2v) is 5.84. The molecule has 1 rings (SSSR count). The summed E-state index contributed by atoms with van der Waals surface area (Å²) in [5.41, 5.74) is 1.54. The van der Waals surface area contributed by atoms with Gasteiger partial charge < -0.3 is 4.90 Å². The van der Waals surface area contributed by atoms with Crippen molar-refractivity contribution < 1.29 is 4.39 Å². The lowest BCUT2D eigenvalue weighted by molar-refractivity contribution is 0.328. The van der Waals surface area contributed by atoms with Crippen LogP contribution in [0.2, 0.25) is 0 Å². The van der Waals surface area contributed by atoms with Crippen LogP contribution in [0.25, 0.3) is 0 Å². The molecule has 0 aliphatic rings. The van der Waals surface area contributed by atoms with E-state index in [0.717, 1.165) is 5.56 Å². The van der Waals surface area contributed by atoms with Crippen molar-refractivity contribution in [3.63, 3.8) is 0 Å². The Morgan fingerprint density at radius 1 is 1.35 bits per heavy atom. The second kappa shape index (κ2) is 5.26. The van der Waals surface area contributed by atoms with E-state index < -0.39 is 0 Å². The van der Waals surface area contributed by atoms with Crippen LogP contribution >= 0.6 is 11.6 Å². The van der Waals surface area contributed by atoms with Crippen LogP contribution in [0.1, 0.15) is 33.3 Å². The fraction of sp³-hybridized carbons (Fsp3) is 0.571. The first kappa shape index (κ1) is 14.3. The third kappa shape index (κ3) is 3.35. The number of benzene rings is 1. The standard InChI is InChI=1S/C14H21ClFN/c1-10(14(2,3)4)17(5)13-7-6-11(9-15)8-12(13)16/h6-8,10H,9H2,1-5H3. The maximum Gasteiger partial charge on any atom is 0.146 e. The van der Waals surface area contributed by atoms with Crippen molar-refractivity contribution in [3.8, 4) is 0 Å². The molecule has 0 heterocycles. The molecule has 1 atom stereocenters. The topological polar surface area (TPSA) is 3.24 Å². The predicted molar refractivity (Wildman–Crippen MR) is 73.3 cm³/mol. The SMILES string of the molecule is CC(N(C)c1ccc(CCl)cc1F)C(C)(C)C. The molecule has 3 heteroatoms. The Morgan fingerprint density at radius 3 is 2.35 bits per heavy atom. The number of hydrogen-bond acceptors (Lipinski definition) is 1. The summed E-state index contributed by atoms with van der Waals surface area (Å²) >= 11 is 5.69. The first-order chi connectivity index (χ1) is 7.77. The van der Waals surface area contributed by atoms with Gasteiger partial charge in [-0.3, -0.25) is 0 Å². The molecule has 0 aliphatic heterocycles. The highest BCUT2D eigenvalue weighted by Gasteiger charge is 2.25. The van der Waals surface area contributed by atoms with Crippen LogP contribution in [0.4, 0.5) is 10.1 Å². The first-order valence-corrected chi connectivity index (χ1v) is 6.38. The van der Waals surface area contributed by atoms with Gasteiger partial charge in [0.05, 0.1) is 5.69 Å². The lowest BCUT2D eigenvalue weighted by Crippen LogP contribution is -2.39. The molecule has 1 aromatic carbocycles. The first-order valence-electron chi connectivity index (χ1n) is 5.84. The van der Waals surface area contributed by atoms with Gasteiger partial charge >= 0.3 is 0 Å². The number of nitrogens with zero attached hydrogens (tertiary/aromatic N) is 1. The summed E-state index contributed by atoms with van der Waals surface area (Å²) < 4.78 is 13.9. The Labute approximate surface area is 109 Å². The van der Waals surface area contributed by atoms with E-state index >= 15 is 0 Å². The van der Waals surface area contributed by atoms with E-state index in [9.17, 15) is 4.39 Å². The van der Waals surface area contributed by atoms with Crippen molar-refractivity contribution in [2.24, 2.45) is 5.41 Å². The Morgan fingerprint density at radius 2 is 1.94 bits per heavy atom. The number of anilines is 1. The summed E-state index contributed by atoms with van der Waals surface area (Å²) in [6.45, 7) is 8.56. The van der Waals surface area contributed by atoms with Crippen molar-refractivity contribution >= 4 is 17.3 Å². The van der Waals surface area contributed by atoms with Crippen molar-refractivity contribution in [2.45, 2.75) is 39.6 Å². The monoisotopic (exact) mass is 257 g/mol. The average molecular weight is 258 g/mol. The zero-order valence-corrected chi connectivity index (χ0v) is 12.0. The van der Waals surface area contributed by atoms with Gasteiger partial charge in [0.2, 0.25) is 0 Å². The van der Waals surface area contributed by atoms with Gasteiger partial charge in [0.15, 0.2) is 0 Å². The molecule has 1 aromatic rings. The highest BCUT2D eigenvalue weighted by molar-refractivity contribution is 6.17. The molecule has 0 fully saturated rings. The maximum absolute atomic E-state index is 13.9. The maximum atomic E-state index is 13.9. The molecule has 0 radical (unpaired) electrons. The predicted octanol–water partition coefficient (Wildman–Crippen LogP) is 4.44. The molecular formula is C14H21ClFN. The third-order valence-electron chi connectivity index (χ3n) is 3.38. The van der Waals surface area contributed by atoms with Crippen molar-refractivity contribution in [2.75, 3.05) is 11.9 Å². The minimum absolute atomic E-state index is 0.104. The normalized spacial score (nSPS) is 13.6. The molecule has 1 unspecified atom stereocenters. The molecule has 0 bridgehead atoms. The van der Waals surface area contributed by atoms with E-state index in [2.05, 4.69) is 27.7 Å². The quantitative estimate of drug-likeness (QED) is 0.724. The van der Waals surface area contributed by atoms with Crippen LogP contribution in [-0.2, 0) is 5.88 Å². The Bertz CT molecular complexity index is 384. The van der Waals surface area contributed by atoms with Crippen molar-refractivity contribution in [1.29, 1.82) is 0 Å². The smallest absolute Gasteiger partial charge is 0.146 e. The molecule has 1 nitrogen and oxygen atoms in total. The lowest BCUT2D eigenvalue weighted by Gasteiger charge is -2.37. The summed E-state index contributed by atoms with van der Waals surface area (Å²) in [5.74, 6) is 0.136. The highest BCUT2D eigenvalue weighted by atomic mass is 35.5. The Kier molecular flexibility index (Phi) is 4.42. The minimum atomic E-state index is -0.207. The summed E-state index contributed by atoms with van der Waals surface area (Å²) in [6.07, 6.45) is 0. The highest BCUT2D eigenvalue weighted by Crippen LogP contribution is 2.29. The van der Waals surface area contributed by atoms with Gasteiger partial charge in [-0.05, 0) is 30.0 Å². The van der Waals surface area contributed by atoms with Crippen LogP contribution in [0, 0.1) is 11.2 Å². The Balaban J connectivity index is 3.01. The van der Waals surface area contributed by atoms with Gasteiger partial charge in [-0.15, -0.1) is 11.6 Å². The van der Waals surface area contributed by atoms with Gasteiger partial charge in [-0.25, -0.2) is 4.39 Å². The molecule has 96 valence electrons. The molecular weight excluding hydrogens is 237 g/mol. The fourth-order valence-corrected chi connectivity index (χ4v) is 1.88. The third-order valence-corrected chi connectivity index (χ3v) is 3.69. The number of alkyl halides is 1. The van der Waals surface area contributed by atoms with Gasteiger partial charge in [0, 0.05) is 19.0 Å². The zero-order valence-electron chi connectivity index (χ0n) is 11.2. The van der Waals surface area contributed by atoms with Crippen LogP contribution in [-0.4, -0.2) is 13.1 Å². The zero-order chi connectivity index (χ0) is 13.2. The number of halogens is 2. The van der Waals surface area contributed by atoms with E-state index in [0.29, 0.717) is 11.6 Å². The van der Waals surface area contributed by atoms with Crippen LogP contribution < -0.4 is 4.90 Å². The fourth-order valence-electron chi connectivity index (χ4n) is 1.71. The summed E-state index contributed by atoms with van der Waals surface area (Å²) in [6, 6.07) is 5.43. The second-order valence-electron chi connectivity index (χ2n) is 5.57. The van der Waals surface area contributed by atoms with Crippen molar-refractivity contribution in [1.82, 2.24) is 0 Å². The van der Waals surface area contributed by atoms with Crippen LogP contribution in [0.3, 0.4) is 0 Å². The van der Waals surface area contributed by atoms with Gasteiger partial charge in [-0.1, -0.05) is 26.8 Å². The van der Waals surface area contributed by atoms with Gasteiger partial charge in [0.1, 0.15) is 5.82 Å². The average Bonchev–Trinajstić information content (AvgIpc) is 2.25. The van der Waals surface area contributed by atoms with Gasteiger partial charge in [-0.2, -0.15) is 0 Å². The van der Waals surface area contributed by atoms with E-state index in [1.165, 1.54) is 6.07 Å². The van der Waals surface area contributed by atoms with E-state index in [-0.39, 0.29) is 17.3 Å². The summed E-state index contributed by atoms with van der Waals surface area (Å²) in [5, 5.41) is 0. The molecule has 0 amide bonds. The largest absolute Gasteiger partial charge is 0.369 e. The molecule has 0 N–H and O–H groups in total. The van der Waals surface area contributed by atoms with E-state index in [1.807, 2.05) is 18.0 Å². The molecule has 0 saturated carbocycles. The molecule has 0 aromatic heterocycles. The van der Waals surface area contributed by atoms with E-state index in [1.54, 1.807) is 6.07 Å².